The first-order valence-corrected chi connectivity index (χ1v) is 14.5. The van der Waals surface area contributed by atoms with Crippen LogP contribution in [0.15, 0.2) is 36.7 Å². The summed E-state index contributed by atoms with van der Waals surface area (Å²) in [6.45, 7) is 2.83. The second-order valence-electron chi connectivity index (χ2n) is 8.78. The van der Waals surface area contributed by atoms with Crippen LogP contribution in [0.5, 0.6) is 11.6 Å². The number of hydrogen-bond donors (Lipinski definition) is 3. The Morgan fingerprint density at radius 3 is 2.77 bits per heavy atom. The van der Waals surface area contributed by atoms with Crippen molar-refractivity contribution >= 4 is 46.8 Å². The van der Waals surface area contributed by atoms with E-state index in [1.807, 2.05) is 6.92 Å². The molecule has 0 aliphatic carbocycles. The van der Waals surface area contributed by atoms with Crippen molar-refractivity contribution in [1.29, 1.82) is 0 Å². The lowest BCUT2D eigenvalue weighted by Crippen LogP contribution is -2.39. The van der Waals surface area contributed by atoms with Gasteiger partial charge in [-0.3, -0.25) is 13.9 Å². The normalized spacial score (nSPS) is 24.9. The molecule has 0 bridgehead atoms. The Bertz CT molecular complexity index is 1380. The fourth-order valence-corrected chi connectivity index (χ4v) is 5.95. The number of anilines is 1. The highest BCUT2D eigenvalue weighted by molar-refractivity contribution is 9.10. The van der Waals surface area contributed by atoms with Gasteiger partial charge >= 0.3 is 13.7 Å². The number of methoxy groups -OCH3 is 1. The van der Waals surface area contributed by atoms with E-state index in [-0.39, 0.29) is 35.3 Å². The van der Waals surface area contributed by atoms with Gasteiger partial charge in [0.2, 0.25) is 16.4 Å². The molecule has 0 saturated carbocycles. The molecule has 6 atom stereocenters. The van der Waals surface area contributed by atoms with E-state index in [2.05, 4.69) is 36.0 Å². The lowest BCUT2D eigenvalue weighted by Gasteiger charge is -2.24. The maximum Gasteiger partial charge on any atom is 0.459 e. The number of nitrogens with one attached hydrogen (secondary N) is 1. The van der Waals surface area contributed by atoms with E-state index in [9.17, 15) is 14.5 Å². The minimum Gasteiger partial charge on any atom is -0.479 e. The van der Waals surface area contributed by atoms with Gasteiger partial charge in [0, 0.05) is 0 Å². The number of aliphatic hydroxyl groups is 1. The third-order valence-electron chi connectivity index (χ3n) is 5.76. The van der Waals surface area contributed by atoms with E-state index in [1.165, 1.54) is 37.1 Å². The minimum atomic E-state index is -4.29. The molecule has 0 radical (unpaired) electrons. The van der Waals surface area contributed by atoms with Gasteiger partial charge in [-0.2, -0.15) is 15.1 Å². The summed E-state index contributed by atoms with van der Waals surface area (Å²) < 4.78 is 55.4. The zero-order chi connectivity index (χ0) is 29.1. The van der Waals surface area contributed by atoms with Crippen molar-refractivity contribution in [3.8, 4) is 11.6 Å². The van der Waals surface area contributed by atoms with Gasteiger partial charge in [0.05, 0.1) is 26.7 Å². The molecule has 2 aromatic heterocycles. The highest BCUT2D eigenvalue weighted by Crippen LogP contribution is 2.50. The first-order chi connectivity index (χ1) is 19.0. The van der Waals surface area contributed by atoms with Crippen molar-refractivity contribution in [2.24, 2.45) is 0 Å². The maximum absolute atomic E-state index is 15.8. The average Bonchev–Trinajstić information content (AvgIpc) is 3.43. The van der Waals surface area contributed by atoms with Crippen molar-refractivity contribution < 1.29 is 42.1 Å². The number of alkyl halides is 2. The maximum atomic E-state index is 15.8. The predicted octanol–water partition coefficient (Wildman–Crippen LogP) is 2.87. The van der Waals surface area contributed by atoms with E-state index >= 15 is 4.39 Å². The number of benzene rings is 1. The van der Waals surface area contributed by atoms with Crippen LogP contribution in [0.4, 0.5) is 10.3 Å². The monoisotopic (exact) mass is 646 g/mol. The molecule has 2 unspecified atom stereocenters. The number of esters is 1. The largest absolute Gasteiger partial charge is 0.479 e. The Labute approximate surface area is 237 Å². The number of aromatic nitrogens is 4. The first-order valence-electron chi connectivity index (χ1n) is 12.2. The van der Waals surface area contributed by atoms with E-state index in [4.69, 9.17) is 29.0 Å². The summed E-state index contributed by atoms with van der Waals surface area (Å²) in [5, 5.41) is 13.3. The predicted molar refractivity (Wildman–Crippen MR) is 143 cm³/mol. The van der Waals surface area contributed by atoms with Gasteiger partial charge in [-0.05, 0) is 41.4 Å². The fourth-order valence-electron chi connectivity index (χ4n) is 3.83. The van der Waals surface area contributed by atoms with Crippen LogP contribution in [0, 0.1) is 0 Å². The number of carbonyl (C=O) groups excluding carboxylic acids is 1. The molecule has 40 heavy (non-hydrogen) atoms. The van der Waals surface area contributed by atoms with Crippen molar-refractivity contribution in [3.05, 3.63) is 36.7 Å². The van der Waals surface area contributed by atoms with Crippen LogP contribution >= 0.6 is 23.7 Å². The Kier molecular flexibility index (Phi) is 9.27. The van der Waals surface area contributed by atoms with Crippen LogP contribution in [-0.4, -0.2) is 73.7 Å². The van der Waals surface area contributed by atoms with Crippen LogP contribution in [0.25, 0.3) is 11.2 Å². The number of para-hydroxylation sites is 1. The standard InChI is InChI=1S/C23H29BrFN6O8P/c1-4-10-36-20(33)13(2)30-40(34,39-14-8-6-5-7-9-14)37-11-15-17(32)23(24,25)21(38-15)31-12-27-16-18(31)28-22(26)29-19(16)35-3/h5-9,12-13,15,17,21,32H,4,10-11H2,1-3H3,(H,30,34)(H2,26,28,29)/t13-,15+,17?,21+,23+,40?/m0/s1. The Morgan fingerprint density at radius 1 is 1.38 bits per heavy atom. The number of carbonyl (C=O) groups is 1. The molecule has 0 spiro atoms. The van der Waals surface area contributed by atoms with Gasteiger partial charge in [0.1, 0.15) is 24.0 Å². The third kappa shape index (κ3) is 6.37. The van der Waals surface area contributed by atoms with Gasteiger partial charge in [-0.1, -0.05) is 25.1 Å². The van der Waals surface area contributed by atoms with E-state index in [0.717, 1.165) is 0 Å². The summed E-state index contributed by atoms with van der Waals surface area (Å²) in [6, 6.07) is 7.01. The van der Waals surface area contributed by atoms with Crippen LogP contribution in [0.1, 0.15) is 26.5 Å². The summed E-state index contributed by atoms with van der Waals surface area (Å²) in [4.78, 5) is 24.5. The second-order valence-corrected chi connectivity index (χ2v) is 11.7. The number of ether oxygens (including phenoxy) is 3. The number of halogens is 2. The quantitative estimate of drug-likeness (QED) is 0.148. The van der Waals surface area contributed by atoms with Crippen LogP contribution in [0.2, 0.25) is 0 Å². The average molecular weight is 647 g/mol. The van der Waals surface area contributed by atoms with E-state index < -0.39 is 49.4 Å². The molecule has 4 N–H and O–H groups in total. The Balaban J connectivity index is 1.55. The molecule has 218 valence electrons. The van der Waals surface area contributed by atoms with Gasteiger partial charge in [0.25, 0.3) is 0 Å². The van der Waals surface area contributed by atoms with Crippen LogP contribution < -0.4 is 20.1 Å². The number of nitrogens with two attached hydrogens (primary N) is 1. The van der Waals surface area contributed by atoms with Crippen LogP contribution in [-0.2, 0) is 23.4 Å². The van der Waals surface area contributed by atoms with Crippen molar-refractivity contribution in [1.82, 2.24) is 24.6 Å². The topological polar surface area (TPSA) is 182 Å². The first kappa shape index (κ1) is 30.1. The van der Waals surface area contributed by atoms with Crippen molar-refractivity contribution in [2.75, 3.05) is 26.1 Å². The molecule has 1 saturated heterocycles. The summed E-state index contributed by atoms with van der Waals surface area (Å²) in [5.41, 5.74) is 6.03. The molecule has 3 heterocycles. The molecule has 3 aromatic rings. The number of nitrogen functional groups attached to an aromatic ring is 1. The molecular formula is C23H29BrFN6O8P. The molecular weight excluding hydrogens is 618 g/mol. The van der Waals surface area contributed by atoms with Gasteiger partial charge in [-0.25, -0.2) is 13.9 Å². The molecule has 4 rings (SSSR count). The zero-order valence-corrected chi connectivity index (χ0v) is 24.2. The number of imidazole rings is 1. The Hall–Kier alpha value is -2.88. The highest BCUT2D eigenvalue weighted by atomic mass is 79.9. The molecule has 0 amide bonds. The highest BCUT2D eigenvalue weighted by Gasteiger charge is 2.58. The number of nitrogens with zero attached hydrogens (tertiary/aromatic N) is 4. The number of rotatable bonds is 12. The molecule has 14 nitrogen and oxygen atoms in total. The molecule has 1 aromatic carbocycles. The number of fused-ring (bicyclic) bond motifs is 1. The molecule has 1 aliphatic heterocycles. The molecule has 17 heteroatoms. The van der Waals surface area contributed by atoms with Gasteiger partial charge in [0.15, 0.2) is 17.4 Å². The molecule has 1 fully saturated rings. The van der Waals surface area contributed by atoms with Crippen LogP contribution in [0.3, 0.4) is 0 Å². The van der Waals surface area contributed by atoms with Crippen molar-refractivity contribution in [2.45, 2.75) is 49.3 Å². The smallest absolute Gasteiger partial charge is 0.459 e. The number of aliphatic hydroxyl groups excluding tert-OH is 1. The van der Waals surface area contributed by atoms with E-state index in [0.29, 0.717) is 6.42 Å². The lowest BCUT2D eigenvalue weighted by atomic mass is 10.1. The third-order valence-corrected chi connectivity index (χ3v) is 8.27. The van der Waals surface area contributed by atoms with Gasteiger partial charge < -0.3 is 29.6 Å². The second kappa shape index (κ2) is 12.3. The fraction of sp³-hybridized carbons (Fsp3) is 0.478. The summed E-state index contributed by atoms with van der Waals surface area (Å²) >= 11 is 2.90. The molecule has 1 aliphatic rings. The zero-order valence-electron chi connectivity index (χ0n) is 21.8. The minimum absolute atomic E-state index is 0.0652. The van der Waals surface area contributed by atoms with Crippen molar-refractivity contribution in [3.63, 3.8) is 0 Å². The summed E-state index contributed by atoms with van der Waals surface area (Å²) in [7, 11) is -2.93. The Morgan fingerprint density at radius 2 is 2.10 bits per heavy atom. The van der Waals surface area contributed by atoms with E-state index in [1.54, 1.807) is 18.2 Å². The summed E-state index contributed by atoms with van der Waals surface area (Å²) in [6.07, 6.45) is -2.85. The number of hydrogen-bond acceptors (Lipinski definition) is 12. The SMILES string of the molecule is CCCOC(=O)[C@H](C)NP(=O)(OC[C@H]1O[C@@H](n2cnc3c(OC)nc(N)nc32)[C@@](F)(Br)C1O)Oc1ccccc1. The van der Waals surface area contributed by atoms with Gasteiger partial charge in [-0.15, -0.1) is 0 Å². The lowest BCUT2D eigenvalue weighted by molar-refractivity contribution is -0.145. The summed E-state index contributed by atoms with van der Waals surface area (Å²) in [5.74, 6) is -0.586.